The molecule has 3 aromatic rings. The molecular formula is C25H22ClN3O3S2. The average Bonchev–Trinajstić information content (AvgIpc) is 3.46. The molecule has 0 unspecified atom stereocenters. The molecule has 0 radical (unpaired) electrons. The Hall–Kier alpha value is -3.07. The molecule has 1 atom stereocenters. The van der Waals surface area contributed by atoms with Gasteiger partial charge in [-0.3, -0.25) is 14.5 Å². The summed E-state index contributed by atoms with van der Waals surface area (Å²) in [6.45, 7) is 1.93. The lowest BCUT2D eigenvalue weighted by Gasteiger charge is -2.19. The Kier molecular flexibility index (Phi) is 7.72. The Morgan fingerprint density at radius 3 is 2.71 bits per heavy atom. The van der Waals surface area contributed by atoms with Crippen LogP contribution in [-0.4, -0.2) is 29.8 Å². The van der Waals surface area contributed by atoms with E-state index < -0.39 is 0 Å². The van der Waals surface area contributed by atoms with Gasteiger partial charge in [0.2, 0.25) is 5.91 Å². The number of amidine groups is 1. The first-order valence-electron chi connectivity index (χ1n) is 10.4. The summed E-state index contributed by atoms with van der Waals surface area (Å²) in [6, 6.07) is 18.5. The minimum absolute atomic E-state index is 0.107. The Morgan fingerprint density at radius 2 is 2.03 bits per heavy atom. The fourth-order valence-electron chi connectivity index (χ4n) is 3.36. The molecule has 0 fully saturated rings. The minimum atomic E-state index is -0.282. The fourth-order valence-corrected chi connectivity index (χ4v) is 5.09. The van der Waals surface area contributed by atoms with Gasteiger partial charge in [0.15, 0.2) is 5.17 Å². The van der Waals surface area contributed by atoms with E-state index in [1.807, 2.05) is 54.8 Å². The SMILES string of the molecule is COc1ccc(N2C(=O)/C(=C\c3cccs3)N=C2SCC(=O)N[C@@H](C)c2ccccc2)cc1Cl. The number of thioether (sulfide) groups is 1. The highest BCUT2D eigenvalue weighted by Gasteiger charge is 2.33. The maximum atomic E-state index is 13.3. The lowest BCUT2D eigenvalue weighted by Crippen LogP contribution is -2.33. The molecule has 34 heavy (non-hydrogen) atoms. The van der Waals surface area contributed by atoms with Crippen molar-refractivity contribution >= 4 is 63.4 Å². The van der Waals surface area contributed by atoms with Crippen molar-refractivity contribution in [2.24, 2.45) is 4.99 Å². The van der Waals surface area contributed by atoms with E-state index in [0.29, 0.717) is 27.3 Å². The van der Waals surface area contributed by atoms with Crippen molar-refractivity contribution in [3.63, 3.8) is 0 Å². The predicted molar refractivity (Wildman–Crippen MR) is 141 cm³/mol. The first-order valence-corrected chi connectivity index (χ1v) is 12.7. The van der Waals surface area contributed by atoms with Crippen molar-refractivity contribution in [3.05, 3.63) is 87.2 Å². The molecule has 0 spiro atoms. The lowest BCUT2D eigenvalue weighted by molar-refractivity contribution is -0.119. The maximum absolute atomic E-state index is 13.3. The number of amides is 2. The summed E-state index contributed by atoms with van der Waals surface area (Å²) in [4.78, 5) is 32.9. The van der Waals surface area contributed by atoms with Gasteiger partial charge < -0.3 is 10.1 Å². The zero-order chi connectivity index (χ0) is 24.1. The summed E-state index contributed by atoms with van der Waals surface area (Å²) in [5.41, 5.74) is 1.87. The molecule has 2 aromatic carbocycles. The second-order valence-corrected chi connectivity index (χ2v) is 9.72. The smallest absolute Gasteiger partial charge is 0.283 e. The van der Waals surface area contributed by atoms with Crippen molar-refractivity contribution in [2.75, 3.05) is 17.8 Å². The Morgan fingerprint density at radius 1 is 1.24 bits per heavy atom. The van der Waals surface area contributed by atoms with E-state index in [1.54, 1.807) is 24.3 Å². The van der Waals surface area contributed by atoms with Crippen molar-refractivity contribution < 1.29 is 14.3 Å². The van der Waals surface area contributed by atoms with Gasteiger partial charge in [-0.2, -0.15) is 0 Å². The van der Waals surface area contributed by atoms with Gasteiger partial charge in [0.05, 0.1) is 29.6 Å². The molecule has 1 aliphatic rings. The quantitative estimate of drug-likeness (QED) is 0.409. The number of nitrogens with zero attached hydrogens (tertiary/aromatic N) is 2. The van der Waals surface area contributed by atoms with Crippen LogP contribution >= 0.6 is 34.7 Å². The van der Waals surface area contributed by atoms with Crippen LogP contribution in [0.2, 0.25) is 5.02 Å². The second-order valence-electron chi connectivity index (χ2n) is 7.39. The number of anilines is 1. The predicted octanol–water partition coefficient (Wildman–Crippen LogP) is 5.76. The van der Waals surface area contributed by atoms with E-state index in [2.05, 4.69) is 10.3 Å². The number of benzene rings is 2. The third-order valence-corrected chi connectivity index (χ3v) is 7.11. The summed E-state index contributed by atoms with van der Waals surface area (Å²) in [7, 11) is 1.53. The molecule has 0 aliphatic carbocycles. The first-order chi connectivity index (χ1) is 16.5. The van der Waals surface area contributed by atoms with Crippen LogP contribution in [0.25, 0.3) is 6.08 Å². The molecule has 0 saturated carbocycles. The number of nitrogens with one attached hydrogen (secondary N) is 1. The number of carbonyl (C=O) groups excluding carboxylic acids is 2. The van der Waals surface area contributed by atoms with Gasteiger partial charge in [-0.1, -0.05) is 59.8 Å². The first kappa shape index (κ1) is 24.1. The van der Waals surface area contributed by atoms with Crippen molar-refractivity contribution in [3.8, 4) is 5.75 Å². The number of halogens is 1. The molecule has 6 nitrogen and oxygen atoms in total. The minimum Gasteiger partial charge on any atom is -0.495 e. The van der Waals surface area contributed by atoms with Crippen LogP contribution < -0.4 is 15.0 Å². The third kappa shape index (κ3) is 5.52. The van der Waals surface area contributed by atoms with Gasteiger partial charge in [-0.05, 0) is 48.2 Å². The zero-order valence-corrected chi connectivity index (χ0v) is 20.9. The molecule has 4 rings (SSSR count). The molecule has 0 bridgehead atoms. The van der Waals surface area contributed by atoms with E-state index in [1.165, 1.54) is 35.1 Å². The molecule has 1 aliphatic heterocycles. The van der Waals surface area contributed by atoms with Gasteiger partial charge in [-0.25, -0.2) is 4.99 Å². The molecule has 2 heterocycles. The summed E-state index contributed by atoms with van der Waals surface area (Å²) in [5, 5.41) is 5.71. The molecular weight excluding hydrogens is 490 g/mol. The van der Waals surface area contributed by atoms with Gasteiger partial charge in [0.1, 0.15) is 11.4 Å². The van der Waals surface area contributed by atoms with Crippen molar-refractivity contribution in [1.82, 2.24) is 5.32 Å². The van der Waals surface area contributed by atoms with Gasteiger partial charge >= 0.3 is 0 Å². The van der Waals surface area contributed by atoms with Crippen LogP contribution in [0, 0.1) is 0 Å². The molecule has 1 aromatic heterocycles. The summed E-state index contributed by atoms with van der Waals surface area (Å²) in [6.07, 6.45) is 1.75. The van der Waals surface area contributed by atoms with Crippen LogP contribution in [0.3, 0.4) is 0 Å². The Labute approximate surface area is 211 Å². The van der Waals surface area contributed by atoms with E-state index in [-0.39, 0.29) is 23.6 Å². The molecule has 174 valence electrons. The van der Waals surface area contributed by atoms with Gasteiger partial charge in [0.25, 0.3) is 5.91 Å². The topological polar surface area (TPSA) is 71.0 Å². The normalized spacial score (nSPS) is 15.4. The summed E-state index contributed by atoms with van der Waals surface area (Å²) >= 11 is 9.03. The highest BCUT2D eigenvalue weighted by molar-refractivity contribution is 8.14. The molecule has 9 heteroatoms. The van der Waals surface area contributed by atoms with Crippen LogP contribution in [0.4, 0.5) is 5.69 Å². The third-order valence-electron chi connectivity index (χ3n) is 5.05. The number of hydrogen-bond donors (Lipinski definition) is 1. The van der Waals surface area contributed by atoms with E-state index >= 15 is 0 Å². The Balaban J connectivity index is 1.54. The average molecular weight is 512 g/mol. The molecule has 2 amide bonds. The Bertz CT molecular complexity index is 1240. The number of ether oxygens (including phenoxy) is 1. The summed E-state index contributed by atoms with van der Waals surface area (Å²) < 4.78 is 5.23. The highest BCUT2D eigenvalue weighted by atomic mass is 35.5. The van der Waals surface area contributed by atoms with Crippen LogP contribution in [0.1, 0.15) is 23.4 Å². The standard InChI is InChI=1S/C25H22ClN3O3S2/c1-16(17-7-4-3-5-8-17)27-23(30)15-34-25-28-21(14-19-9-6-12-33-19)24(31)29(25)18-10-11-22(32-2)20(26)13-18/h3-14,16H,15H2,1-2H3,(H,27,30)/b21-14+/t16-/m0/s1. The lowest BCUT2D eigenvalue weighted by atomic mass is 10.1. The zero-order valence-electron chi connectivity index (χ0n) is 18.5. The monoisotopic (exact) mass is 511 g/mol. The van der Waals surface area contributed by atoms with Crippen molar-refractivity contribution in [2.45, 2.75) is 13.0 Å². The van der Waals surface area contributed by atoms with E-state index in [9.17, 15) is 9.59 Å². The fraction of sp³-hybridized carbons (Fsp3) is 0.160. The maximum Gasteiger partial charge on any atom is 0.283 e. The number of rotatable bonds is 7. The highest BCUT2D eigenvalue weighted by Crippen LogP contribution is 2.34. The van der Waals surface area contributed by atoms with Gasteiger partial charge in [0, 0.05) is 4.88 Å². The number of hydrogen-bond acceptors (Lipinski definition) is 6. The summed E-state index contributed by atoms with van der Waals surface area (Å²) in [5.74, 6) is 0.178. The van der Waals surface area contributed by atoms with E-state index in [4.69, 9.17) is 16.3 Å². The van der Waals surface area contributed by atoms with Crippen LogP contribution in [-0.2, 0) is 9.59 Å². The molecule has 0 saturated heterocycles. The number of thiophene rings is 1. The van der Waals surface area contributed by atoms with E-state index in [0.717, 1.165) is 10.4 Å². The number of carbonyl (C=O) groups is 2. The number of aliphatic imine (C=N–C) groups is 1. The largest absolute Gasteiger partial charge is 0.495 e. The van der Waals surface area contributed by atoms with Crippen molar-refractivity contribution in [1.29, 1.82) is 0 Å². The van der Waals surface area contributed by atoms with Gasteiger partial charge in [-0.15, -0.1) is 11.3 Å². The molecule has 1 N–H and O–H groups in total. The van der Waals surface area contributed by atoms with Crippen LogP contribution in [0.15, 0.2) is 76.7 Å². The number of methoxy groups -OCH3 is 1. The van der Waals surface area contributed by atoms with Crippen LogP contribution in [0.5, 0.6) is 5.75 Å². The second kappa shape index (κ2) is 10.9.